The average molecular weight is 169 g/mol. The summed E-state index contributed by atoms with van der Waals surface area (Å²) in [5, 5.41) is 3.86. The van der Waals surface area contributed by atoms with Gasteiger partial charge in [0.1, 0.15) is 0 Å². The van der Waals surface area contributed by atoms with Gasteiger partial charge in [-0.05, 0) is 14.1 Å². The largest absolute Gasteiger partial charge is 0.338 e. The van der Waals surface area contributed by atoms with Crippen molar-refractivity contribution in [3.8, 4) is 0 Å². The van der Waals surface area contributed by atoms with Gasteiger partial charge in [-0.3, -0.25) is 0 Å². The molecular formula is C8H15N3O. The van der Waals surface area contributed by atoms with E-state index < -0.39 is 0 Å². The molecule has 1 rings (SSSR count). The highest BCUT2D eigenvalue weighted by molar-refractivity contribution is 4.91. The third kappa shape index (κ3) is 2.30. The van der Waals surface area contributed by atoms with Crippen LogP contribution in [0.1, 0.15) is 31.5 Å². The fraction of sp³-hybridized carbons (Fsp3) is 0.750. The maximum absolute atomic E-state index is 5.03. The Kier molecular flexibility index (Phi) is 2.81. The van der Waals surface area contributed by atoms with Crippen LogP contribution in [0, 0.1) is 0 Å². The monoisotopic (exact) mass is 169 g/mol. The number of hydrogen-bond donors (Lipinski definition) is 0. The van der Waals surface area contributed by atoms with Gasteiger partial charge in [0.2, 0.25) is 5.89 Å². The van der Waals surface area contributed by atoms with Gasteiger partial charge < -0.3 is 9.42 Å². The maximum Gasteiger partial charge on any atom is 0.240 e. The van der Waals surface area contributed by atoms with Crippen LogP contribution in [0.5, 0.6) is 0 Å². The molecule has 0 N–H and O–H groups in total. The SMILES string of the molecule is CC(C)c1noc(CN(C)C)n1. The van der Waals surface area contributed by atoms with Crippen molar-refractivity contribution in [1.29, 1.82) is 0 Å². The number of rotatable bonds is 3. The Morgan fingerprint density at radius 3 is 2.50 bits per heavy atom. The first-order valence-electron chi connectivity index (χ1n) is 4.07. The van der Waals surface area contributed by atoms with E-state index in [-0.39, 0.29) is 0 Å². The summed E-state index contributed by atoms with van der Waals surface area (Å²) >= 11 is 0. The molecule has 0 aliphatic rings. The van der Waals surface area contributed by atoms with Crippen LogP contribution >= 0.6 is 0 Å². The molecule has 0 unspecified atom stereocenters. The van der Waals surface area contributed by atoms with Gasteiger partial charge in [0.15, 0.2) is 5.82 Å². The molecule has 1 aromatic heterocycles. The highest BCUT2D eigenvalue weighted by Gasteiger charge is 2.09. The minimum absolute atomic E-state index is 0.338. The molecule has 68 valence electrons. The van der Waals surface area contributed by atoms with Crippen molar-refractivity contribution < 1.29 is 4.52 Å². The van der Waals surface area contributed by atoms with Gasteiger partial charge in [-0.15, -0.1) is 0 Å². The topological polar surface area (TPSA) is 42.2 Å². The predicted molar refractivity (Wildman–Crippen MR) is 45.8 cm³/mol. The number of nitrogens with zero attached hydrogens (tertiary/aromatic N) is 3. The van der Waals surface area contributed by atoms with Crippen molar-refractivity contribution >= 4 is 0 Å². The van der Waals surface area contributed by atoms with E-state index in [1.165, 1.54) is 0 Å². The molecule has 12 heavy (non-hydrogen) atoms. The van der Waals surface area contributed by atoms with Gasteiger partial charge in [-0.1, -0.05) is 19.0 Å². The van der Waals surface area contributed by atoms with Gasteiger partial charge in [-0.2, -0.15) is 4.98 Å². The second-order valence-corrected chi connectivity index (χ2v) is 3.44. The van der Waals surface area contributed by atoms with Crippen molar-refractivity contribution in [3.63, 3.8) is 0 Å². The van der Waals surface area contributed by atoms with E-state index >= 15 is 0 Å². The Morgan fingerprint density at radius 1 is 1.42 bits per heavy atom. The normalized spacial score (nSPS) is 11.5. The molecule has 1 aromatic rings. The molecule has 0 aliphatic carbocycles. The summed E-state index contributed by atoms with van der Waals surface area (Å²) in [6.07, 6.45) is 0. The molecule has 4 nitrogen and oxygen atoms in total. The van der Waals surface area contributed by atoms with Crippen LogP contribution in [-0.2, 0) is 6.54 Å². The average Bonchev–Trinajstić information content (AvgIpc) is 2.34. The summed E-state index contributed by atoms with van der Waals surface area (Å²) < 4.78 is 5.03. The third-order valence-corrected chi connectivity index (χ3v) is 1.45. The fourth-order valence-electron chi connectivity index (χ4n) is 0.837. The second-order valence-electron chi connectivity index (χ2n) is 3.44. The van der Waals surface area contributed by atoms with E-state index in [4.69, 9.17) is 4.52 Å². The van der Waals surface area contributed by atoms with Crippen molar-refractivity contribution in [3.05, 3.63) is 11.7 Å². The second kappa shape index (κ2) is 3.67. The summed E-state index contributed by atoms with van der Waals surface area (Å²) in [5.41, 5.74) is 0. The summed E-state index contributed by atoms with van der Waals surface area (Å²) in [5.74, 6) is 1.81. The van der Waals surface area contributed by atoms with E-state index in [2.05, 4.69) is 10.1 Å². The number of hydrogen-bond acceptors (Lipinski definition) is 4. The van der Waals surface area contributed by atoms with Crippen LogP contribution in [0.3, 0.4) is 0 Å². The molecule has 0 spiro atoms. The van der Waals surface area contributed by atoms with Crippen molar-refractivity contribution in [2.75, 3.05) is 14.1 Å². The Hall–Kier alpha value is -0.900. The van der Waals surface area contributed by atoms with Gasteiger partial charge in [0.25, 0.3) is 0 Å². The predicted octanol–water partition coefficient (Wildman–Crippen LogP) is 1.25. The zero-order chi connectivity index (χ0) is 9.14. The molecule has 0 aliphatic heterocycles. The Bertz CT molecular complexity index is 242. The first-order valence-corrected chi connectivity index (χ1v) is 4.07. The summed E-state index contributed by atoms with van der Waals surface area (Å²) in [6.45, 7) is 4.80. The lowest BCUT2D eigenvalue weighted by Gasteiger charge is -2.03. The number of aromatic nitrogens is 2. The van der Waals surface area contributed by atoms with Crippen molar-refractivity contribution in [2.24, 2.45) is 0 Å². The standard InChI is InChI=1S/C8H15N3O/c1-6(2)8-9-7(12-10-8)5-11(3)4/h6H,5H2,1-4H3. The van der Waals surface area contributed by atoms with E-state index in [0.717, 1.165) is 5.82 Å². The highest BCUT2D eigenvalue weighted by atomic mass is 16.5. The van der Waals surface area contributed by atoms with Gasteiger partial charge in [0.05, 0.1) is 6.54 Å². The zero-order valence-corrected chi connectivity index (χ0v) is 8.03. The summed E-state index contributed by atoms with van der Waals surface area (Å²) in [7, 11) is 3.94. The van der Waals surface area contributed by atoms with Gasteiger partial charge in [0, 0.05) is 5.92 Å². The van der Waals surface area contributed by atoms with Crippen LogP contribution in [0.2, 0.25) is 0 Å². The van der Waals surface area contributed by atoms with E-state index in [9.17, 15) is 0 Å². The highest BCUT2D eigenvalue weighted by Crippen LogP contribution is 2.09. The third-order valence-electron chi connectivity index (χ3n) is 1.45. The minimum atomic E-state index is 0.338. The smallest absolute Gasteiger partial charge is 0.240 e. The molecule has 0 amide bonds. The van der Waals surface area contributed by atoms with Crippen LogP contribution in [0.15, 0.2) is 4.52 Å². The maximum atomic E-state index is 5.03. The molecule has 4 heteroatoms. The van der Waals surface area contributed by atoms with Crippen LogP contribution in [0.25, 0.3) is 0 Å². The Balaban J connectivity index is 2.64. The van der Waals surface area contributed by atoms with Crippen LogP contribution < -0.4 is 0 Å². The first-order chi connectivity index (χ1) is 5.59. The molecular weight excluding hydrogens is 154 g/mol. The van der Waals surface area contributed by atoms with Crippen LogP contribution in [0.4, 0.5) is 0 Å². The first kappa shape index (κ1) is 9.19. The van der Waals surface area contributed by atoms with Gasteiger partial charge in [-0.25, -0.2) is 0 Å². The summed E-state index contributed by atoms with van der Waals surface area (Å²) in [4.78, 5) is 6.23. The van der Waals surface area contributed by atoms with E-state index in [1.807, 2.05) is 32.8 Å². The molecule has 0 radical (unpaired) electrons. The molecule has 0 saturated carbocycles. The molecule has 0 aromatic carbocycles. The fourth-order valence-corrected chi connectivity index (χ4v) is 0.837. The molecule has 1 heterocycles. The van der Waals surface area contributed by atoms with Crippen molar-refractivity contribution in [1.82, 2.24) is 15.0 Å². The van der Waals surface area contributed by atoms with Crippen molar-refractivity contribution in [2.45, 2.75) is 26.3 Å². The quantitative estimate of drug-likeness (QED) is 0.683. The van der Waals surface area contributed by atoms with Gasteiger partial charge >= 0.3 is 0 Å². The molecule has 0 fully saturated rings. The zero-order valence-electron chi connectivity index (χ0n) is 8.03. The van der Waals surface area contributed by atoms with E-state index in [1.54, 1.807) is 0 Å². The lowest BCUT2D eigenvalue weighted by molar-refractivity contribution is 0.301. The summed E-state index contributed by atoms with van der Waals surface area (Å²) in [6, 6.07) is 0. The lowest BCUT2D eigenvalue weighted by atomic mass is 10.2. The Morgan fingerprint density at radius 2 is 2.08 bits per heavy atom. The minimum Gasteiger partial charge on any atom is -0.338 e. The lowest BCUT2D eigenvalue weighted by Crippen LogP contribution is -2.10. The van der Waals surface area contributed by atoms with Crippen LogP contribution in [-0.4, -0.2) is 29.1 Å². The van der Waals surface area contributed by atoms with E-state index in [0.29, 0.717) is 18.4 Å². The molecule has 0 saturated heterocycles. The molecule has 0 bridgehead atoms. The molecule has 0 atom stereocenters. The Labute approximate surface area is 72.6 Å².